The van der Waals surface area contributed by atoms with Gasteiger partial charge in [-0.2, -0.15) is 0 Å². The molecular weight excluding hydrogens is 296 g/mol. The Bertz CT molecular complexity index is 603. The third-order valence-electron chi connectivity index (χ3n) is 4.72. The molecule has 0 spiro atoms. The van der Waals surface area contributed by atoms with Crippen LogP contribution in [0.25, 0.3) is 11.0 Å². The number of carbonyl (C=O) groups is 1. The first-order valence-corrected chi connectivity index (χ1v) is 9.78. The second-order valence-electron chi connectivity index (χ2n) is 6.78. The Morgan fingerprint density at radius 2 is 1.46 bits per heavy atom. The van der Waals surface area contributed by atoms with Gasteiger partial charge >= 0.3 is 0 Å². The number of hydrogen-bond acceptors (Lipinski definition) is 2. The second kappa shape index (κ2) is 11.0. The summed E-state index contributed by atoms with van der Waals surface area (Å²) < 4.78 is 1.70. The Balaban J connectivity index is 1.52. The zero-order valence-corrected chi connectivity index (χ0v) is 15.2. The van der Waals surface area contributed by atoms with Gasteiger partial charge in [-0.25, -0.2) is 4.98 Å². The molecule has 1 heterocycles. The van der Waals surface area contributed by atoms with E-state index >= 15 is 0 Å². The van der Waals surface area contributed by atoms with Gasteiger partial charge in [0.25, 0.3) is 0 Å². The van der Waals surface area contributed by atoms with Crippen molar-refractivity contribution < 1.29 is 4.79 Å². The van der Waals surface area contributed by atoms with E-state index in [4.69, 9.17) is 0 Å². The van der Waals surface area contributed by atoms with Crippen LogP contribution in [0.1, 0.15) is 88.8 Å². The largest absolute Gasteiger partial charge is 0.274 e. The summed E-state index contributed by atoms with van der Waals surface area (Å²) in [5.41, 5.74) is 1.82. The Hall–Kier alpha value is -1.64. The van der Waals surface area contributed by atoms with E-state index in [-0.39, 0.29) is 5.91 Å². The first-order valence-electron chi connectivity index (χ1n) is 9.78. The van der Waals surface area contributed by atoms with Crippen LogP contribution in [0.15, 0.2) is 30.6 Å². The number of para-hydroxylation sites is 2. The molecule has 2 aromatic rings. The number of imidazole rings is 1. The predicted octanol–water partition coefficient (Wildman–Crippen LogP) is 6.38. The monoisotopic (exact) mass is 328 g/mol. The Labute approximate surface area is 146 Å². The van der Waals surface area contributed by atoms with Crippen molar-refractivity contribution in [2.45, 2.75) is 84.0 Å². The maximum absolute atomic E-state index is 12.3. The van der Waals surface area contributed by atoms with E-state index in [1.165, 1.54) is 57.8 Å². The summed E-state index contributed by atoms with van der Waals surface area (Å²) >= 11 is 0. The van der Waals surface area contributed by atoms with Gasteiger partial charge in [0.2, 0.25) is 5.91 Å². The molecule has 0 amide bonds. The Morgan fingerprint density at radius 3 is 2.12 bits per heavy atom. The minimum Gasteiger partial charge on any atom is -0.274 e. The highest BCUT2D eigenvalue weighted by Crippen LogP contribution is 2.15. The molecule has 132 valence electrons. The zero-order valence-electron chi connectivity index (χ0n) is 15.2. The van der Waals surface area contributed by atoms with Gasteiger partial charge in [-0.1, -0.05) is 83.3 Å². The van der Waals surface area contributed by atoms with E-state index in [1.54, 1.807) is 10.9 Å². The number of benzene rings is 1. The van der Waals surface area contributed by atoms with Gasteiger partial charge < -0.3 is 0 Å². The molecule has 0 bridgehead atoms. The van der Waals surface area contributed by atoms with Gasteiger partial charge in [0, 0.05) is 6.42 Å². The molecule has 1 aromatic heterocycles. The van der Waals surface area contributed by atoms with Crippen LogP contribution in [-0.4, -0.2) is 15.5 Å². The number of carbonyl (C=O) groups excluding carboxylic acids is 1. The van der Waals surface area contributed by atoms with Crippen molar-refractivity contribution in [3.8, 4) is 0 Å². The molecule has 0 saturated heterocycles. The third kappa shape index (κ3) is 6.10. The fraction of sp³-hybridized carbons (Fsp3) is 0.619. The molecule has 0 saturated carbocycles. The van der Waals surface area contributed by atoms with Gasteiger partial charge in [-0.3, -0.25) is 9.36 Å². The molecule has 1 aromatic carbocycles. The maximum atomic E-state index is 12.3. The highest BCUT2D eigenvalue weighted by atomic mass is 16.2. The minimum atomic E-state index is 0.166. The van der Waals surface area contributed by atoms with E-state index in [1.807, 2.05) is 24.3 Å². The van der Waals surface area contributed by atoms with E-state index in [9.17, 15) is 4.79 Å². The van der Waals surface area contributed by atoms with Crippen LogP contribution >= 0.6 is 0 Å². The average Bonchev–Trinajstić information content (AvgIpc) is 3.03. The number of fused-ring (bicyclic) bond motifs is 1. The van der Waals surface area contributed by atoms with Crippen molar-refractivity contribution in [1.29, 1.82) is 0 Å². The number of hydrogen-bond donors (Lipinski definition) is 0. The first-order chi connectivity index (χ1) is 11.8. The molecule has 0 N–H and O–H groups in total. The highest BCUT2D eigenvalue weighted by Gasteiger charge is 2.08. The van der Waals surface area contributed by atoms with Crippen LogP contribution in [0, 0.1) is 0 Å². The molecule has 0 aliphatic rings. The predicted molar refractivity (Wildman–Crippen MR) is 101 cm³/mol. The normalized spacial score (nSPS) is 11.2. The fourth-order valence-corrected chi connectivity index (χ4v) is 3.22. The van der Waals surface area contributed by atoms with Crippen LogP contribution in [0.5, 0.6) is 0 Å². The van der Waals surface area contributed by atoms with E-state index in [0.717, 1.165) is 23.9 Å². The molecule has 24 heavy (non-hydrogen) atoms. The van der Waals surface area contributed by atoms with Crippen LogP contribution in [0.4, 0.5) is 0 Å². The number of nitrogens with zero attached hydrogens (tertiary/aromatic N) is 2. The quantitative estimate of drug-likeness (QED) is 0.424. The van der Waals surface area contributed by atoms with E-state index < -0.39 is 0 Å². The van der Waals surface area contributed by atoms with Crippen molar-refractivity contribution in [3.05, 3.63) is 30.6 Å². The van der Waals surface area contributed by atoms with E-state index in [0.29, 0.717) is 6.42 Å². The van der Waals surface area contributed by atoms with Crippen LogP contribution < -0.4 is 0 Å². The van der Waals surface area contributed by atoms with E-state index in [2.05, 4.69) is 11.9 Å². The lowest BCUT2D eigenvalue weighted by Gasteiger charge is -2.04. The molecule has 0 fully saturated rings. The van der Waals surface area contributed by atoms with Crippen LogP contribution in [-0.2, 0) is 0 Å². The molecular formula is C21H32N2O. The summed E-state index contributed by atoms with van der Waals surface area (Å²) in [6, 6.07) is 7.81. The van der Waals surface area contributed by atoms with Gasteiger partial charge in [0.1, 0.15) is 6.33 Å². The molecule has 3 heteroatoms. The van der Waals surface area contributed by atoms with Crippen molar-refractivity contribution in [2.24, 2.45) is 0 Å². The highest BCUT2D eigenvalue weighted by molar-refractivity contribution is 5.90. The molecule has 0 aliphatic carbocycles. The zero-order chi connectivity index (χ0) is 17.0. The third-order valence-corrected chi connectivity index (χ3v) is 4.72. The number of unbranched alkanes of at least 4 members (excludes halogenated alkanes) is 10. The van der Waals surface area contributed by atoms with Gasteiger partial charge in [-0.15, -0.1) is 0 Å². The molecule has 0 radical (unpaired) electrons. The molecule has 0 unspecified atom stereocenters. The lowest BCUT2D eigenvalue weighted by molar-refractivity contribution is 0.0903. The summed E-state index contributed by atoms with van der Waals surface area (Å²) in [5, 5.41) is 0. The lowest BCUT2D eigenvalue weighted by Crippen LogP contribution is -2.08. The molecule has 0 aliphatic heterocycles. The van der Waals surface area contributed by atoms with Gasteiger partial charge in [0.15, 0.2) is 0 Å². The Kier molecular flexibility index (Phi) is 8.58. The molecule has 2 rings (SSSR count). The summed E-state index contributed by atoms with van der Waals surface area (Å²) in [4.78, 5) is 16.6. The maximum Gasteiger partial charge on any atom is 0.232 e. The van der Waals surface area contributed by atoms with Crippen molar-refractivity contribution in [2.75, 3.05) is 0 Å². The molecule has 3 nitrogen and oxygen atoms in total. The van der Waals surface area contributed by atoms with Crippen molar-refractivity contribution >= 4 is 16.9 Å². The average molecular weight is 328 g/mol. The lowest BCUT2D eigenvalue weighted by atomic mass is 10.1. The number of aromatic nitrogens is 2. The minimum absolute atomic E-state index is 0.166. The standard InChI is InChI=1S/C21H32N2O/c1-2-3-4-5-6-7-8-9-10-11-12-17-21(24)23-18-22-19-15-13-14-16-20(19)23/h13-16,18H,2-12,17H2,1H3. The van der Waals surface area contributed by atoms with Gasteiger partial charge in [0.05, 0.1) is 11.0 Å². The smallest absolute Gasteiger partial charge is 0.232 e. The Morgan fingerprint density at radius 1 is 0.875 bits per heavy atom. The molecule has 0 atom stereocenters. The summed E-state index contributed by atoms with van der Waals surface area (Å²) in [5.74, 6) is 0.166. The fourth-order valence-electron chi connectivity index (χ4n) is 3.22. The second-order valence-corrected chi connectivity index (χ2v) is 6.78. The number of rotatable bonds is 12. The van der Waals surface area contributed by atoms with Crippen LogP contribution in [0.3, 0.4) is 0 Å². The summed E-state index contributed by atoms with van der Waals surface area (Å²) in [7, 11) is 0. The topological polar surface area (TPSA) is 34.9 Å². The first kappa shape index (κ1) is 18.7. The SMILES string of the molecule is CCCCCCCCCCCCCC(=O)n1cnc2ccccc21. The van der Waals surface area contributed by atoms with Gasteiger partial charge in [-0.05, 0) is 18.6 Å². The van der Waals surface area contributed by atoms with Crippen molar-refractivity contribution in [3.63, 3.8) is 0 Å². The summed E-state index contributed by atoms with van der Waals surface area (Å²) in [6.45, 7) is 2.26. The van der Waals surface area contributed by atoms with Crippen molar-refractivity contribution in [1.82, 2.24) is 9.55 Å². The van der Waals surface area contributed by atoms with Crippen LogP contribution in [0.2, 0.25) is 0 Å². The summed E-state index contributed by atoms with van der Waals surface area (Å²) in [6.07, 6.45) is 16.7.